The molecule has 0 unspecified atom stereocenters. The van der Waals surface area contributed by atoms with Gasteiger partial charge in [0.1, 0.15) is 0 Å². The highest BCUT2D eigenvalue weighted by Gasteiger charge is 2.47. The summed E-state index contributed by atoms with van der Waals surface area (Å²) in [5.74, 6) is 0. The second-order valence-corrected chi connectivity index (χ2v) is 11.4. The van der Waals surface area contributed by atoms with Gasteiger partial charge in [-0.15, -0.1) is 0 Å². The second kappa shape index (κ2) is 6.94. The van der Waals surface area contributed by atoms with E-state index in [-0.39, 0.29) is 16.2 Å². The molecule has 4 aromatic rings. The van der Waals surface area contributed by atoms with Gasteiger partial charge >= 0.3 is 0 Å². The zero-order chi connectivity index (χ0) is 22.8. The molecule has 0 aromatic heterocycles. The fourth-order valence-corrected chi connectivity index (χ4v) is 7.44. The van der Waals surface area contributed by atoms with Crippen LogP contribution in [0, 0.1) is 5.41 Å². The van der Waals surface area contributed by atoms with Crippen molar-refractivity contribution >= 4 is 0 Å². The number of benzene rings is 4. The molecule has 0 fully saturated rings. The molecule has 33 heavy (non-hydrogen) atoms. The molecule has 0 N–H and O–H groups in total. The van der Waals surface area contributed by atoms with Crippen LogP contribution in [0.1, 0.15) is 62.8 Å². The molecule has 0 atom stereocenters. The van der Waals surface area contributed by atoms with Gasteiger partial charge in [0.15, 0.2) is 0 Å². The van der Waals surface area contributed by atoms with Crippen molar-refractivity contribution in [2.45, 2.75) is 51.4 Å². The van der Waals surface area contributed by atoms with Crippen LogP contribution in [-0.2, 0) is 10.8 Å². The Balaban J connectivity index is 1.43. The lowest BCUT2D eigenvalue weighted by atomic mass is 9.62. The lowest BCUT2D eigenvalue weighted by molar-refractivity contribution is 0.214. The van der Waals surface area contributed by atoms with Crippen molar-refractivity contribution in [1.82, 2.24) is 0 Å². The molecule has 2 aliphatic carbocycles. The molecule has 4 aromatic carbocycles. The van der Waals surface area contributed by atoms with Crippen molar-refractivity contribution in [3.63, 3.8) is 0 Å². The zero-order valence-electron chi connectivity index (χ0n) is 20.2. The first kappa shape index (κ1) is 20.5. The molecular formula is C33H32. The van der Waals surface area contributed by atoms with Crippen molar-refractivity contribution in [3.05, 3.63) is 119 Å². The minimum atomic E-state index is 0.0185. The van der Waals surface area contributed by atoms with Gasteiger partial charge in [-0.2, -0.15) is 0 Å². The fraction of sp³-hybridized carbons (Fsp3) is 0.273. The molecule has 0 heteroatoms. The molecule has 0 nitrogen and oxygen atoms in total. The average molecular weight is 429 g/mol. The third kappa shape index (κ3) is 2.90. The minimum absolute atomic E-state index is 0.0185. The van der Waals surface area contributed by atoms with E-state index in [1.54, 1.807) is 0 Å². The topological polar surface area (TPSA) is 0 Å². The van der Waals surface area contributed by atoms with E-state index in [0.29, 0.717) is 0 Å². The average Bonchev–Trinajstić information content (AvgIpc) is 3.21. The van der Waals surface area contributed by atoms with Gasteiger partial charge < -0.3 is 0 Å². The van der Waals surface area contributed by atoms with Gasteiger partial charge in [0, 0.05) is 10.8 Å². The van der Waals surface area contributed by atoms with Crippen molar-refractivity contribution in [2.75, 3.05) is 0 Å². The van der Waals surface area contributed by atoms with Crippen LogP contribution in [-0.4, -0.2) is 0 Å². The molecule has 0 saturated heterocycles. The summed E-state index contributed by atoms with van der Waals surface area (Å²) in [5, 5.41) is 0. The smallest absolute Gasteiger partial charge is 0.0192 e. The Morgan fingerprint density at radius 2 is 0.697 bits per heavy atom. The minimum Gasteiger partial charge on any atom is -0.0619 e. The van der Waals surface area contributed by atoms with Crippen molar-refractivity contribution in [3.8, 4) is 22.3 Å². The lowest BCUT2D eigenvalue weighted by Crippen LogP contribution is -2.35. The Morgan fingerprint density at radius 3 is 0.970 bits per heavy atom. The van der Waals surface area contributed by atoms with Crippen molar-refractivity contribution in [2.24, 2.45) is 5.41 Å². The van der Waals surface area contributed by atoms with Gasteiger partial charge in [0.05, 0.1) is 0 Å². The van der Waals surface area contributed by atoms with Crippen LogP contribution in [0.4, 0.5) is 0 Å². The van der Waals surface area contributed by atoms with Crippen LogP contribution in [0.15, 0.2) is 97.1 Å². The largest absolute Gasteiger partial charge is 0.0619 e. The summed E-state index contributed by atoms with van der Waals surface area (Å²) in [6.45, 7) is 9.91. The monoisotopic (exact) mass is 428 g/mol. The molecule has 0 radical (unpaired) electrons. The first-order chi connectivity index (χ1) is 15.8. The van der Waals surface area contributed by atoms with E-state index in [4.69, 9.17) is 0 Å². The zero-order valence-corrected chi connectivity index (χ0v) is 20.2. The number of hydrogen-bond acceptors (Lipinski definition) is 0. The number of rotatable bonds is 4. The maximum Gasteiger partial charge on any atom is 0.0192 e. The highest BCUT2D eigenvalue weighted by Crippen LogP contribution is 2.58. The Hall–Kier alpha value is -3.12. The maximum atomic E-state index is 2.48. The van der Waals surface area contributed by atoms with Crippen LogP contribution in [0.5, 0.6) is 0 Å². The molecule has 0 spiro atoms. The normalized spacial score (nSPS) is 16.6. The molecule has 0 heterocycles. The third-order valence-corrected chi connectivity index (χ3v) is 8.33. The van der Waals surface area contributed by atoms with Gasteiger partial charge in [-0.1, -0.05) is 125 Å². The Bertz CT molecular complexity index is 1170. The van der Waals surface area contributed by atoms with Gasteiger partial charge in [0.2, 0.25) is 0 Å². The standard InChI is InChI=1S/C33H32/c1-31(2,21-32(3)27-17-9-5-13-23(27)24-14-6-10-18-28(24)32)22-33(4)29-19-11-7-15-25(29)26-16-8-12-20-30(26)33/h5-20H,21-22H2,1-4H3. The summed E-state index contributed by atoms with van der Waals surface area (Å²) in [4.78, 5) is 0. The Kier molecular flexibility index (Phi) is 4.31. The summed E-state index contributed by atoms with van der Waals surface area (Å²) in [6, 6.07) is 36.2. The highest BCUT2D eigenvalue weighted by atomic mass is 14.5. The van der Waals surface area contributed by atoms with Crippen LogP contribution >= 0.6 is 0 Å². The predicted octanol–water partition coefficient (Wildman–Crippen LogP) is 8.77. The van der Waals surface area contributed by atoms with Crippen molar-refractivity contribution in [1.29, 1.82) is 0 Å². The van der Waals surface area contributed by atoms with E-state index in [2.05, 4.69) is 125 Å². The second-order valence-electron chi connectivity index (χ2n) is 11.4. The SMILES string of the molecule is CC(C)(CC1(C)c2ccccc2-c2ccccc21)CC1(C)c2ccccc2-c2ccccc21. The van der Waals surface area contributed by atoms with E-state index in [1.165, 1.54) is 44.5 Å². The fourth-order valence-electron chi connectivity index (χ4n) is 7.44. The predicted molar refractivity (Wildman–Crippen MR) is 140 cm³/mol. The number of fused-ring (bicyclic) bond motifs is 6. The van der Waals surface area contributed by atoms with Gasteiger partial charge in [-0.3, -0.25) is 0 Å². The van der Waals surface area contributed by atoms with Gasteiger partial charge in [0.25, 0.3) is 0 Å². The molecule has 0 amide bonds. The van der Waals surface area contributed by atoms with E-state index in [1.807, 2.05) is 0 Å². The Morgan fingerprint density at radius 1 is 0.455 bits per heavy atom. The summed E-state index contributed by atoms with van der Waals surface area (Å²) in [6.07, 6.45) is 2.24. The van der Waals surface area contributed by atoms with Crippen molar-refractivity contribution < 1.29 is 0 Å². The first-order valence-corrected chi connectivity index (χ1v) is 12.2. The van der Waals surface area contributed by atoms with E-state index >= 15 is 0 Å². The third-order valence-electron chi connectivity index (χ3n) is 8.33. The van der Waals surface area contributed by atoms with Crippen LogP contribution in [0.3, 0.4) is 0 Å². The van der Waals surface area contributed by atoms with E-state index in [9.17, 15) is 0 Å². The summed E-state index contributed by atoms with van der Waals surface area (Å²) >= 11 is 0. The molecular weight excluding hydrogens is 396 g/mol. The van der Waals surface area contributed by atoms with Crippen LogP contribution in [0.25, 0.3) is 22.3 Å². The molecule has 164 valence electrons. The first-order valence-electron chi connectivity index (χ1n) is 12.2. The summed E-state index contributed by atoms with van der Waals surface area (Å²) < 4.78 is 0. The van der Waals surface area contributed by atoms with Crippen LogP contribution < -0.4 is 0 Å². The summed E-state index contributed by atoms with van der Waals surface area (Å²) in [5.41, 5.74) is 11.8. The Labute approximate surface area is 198 Å². The van der Waals surface area contributed by atoms with Crippen LogP contribution in [0.2, 0.25) is 0 Å². The van der Waals surface area contributed by atoms with E-state index < -0.39 is 0 Å². The molecule has 0 saturated carbocycles. The highest BCUT2D eigenvalue weighted by molar-refractivity contribution is 5.82. The lowest BCUT2D eigenvalue weighted by Gasteiger charge is -2.42. The van der Waals surface area contributed by atoms with Gasteiger partial charge in [-0.25, -0.2) is 0 Å². The quantitative estimate of drug-likeness (QED) is 0.305. The maximum absolute atomic E-state index is 2.48. The molecule has 2 aliphatic rings. The molecule has 6 rings (SSSR count). The molecule has 0 aliphatic heterocycles. The van der Waals surface area contributed by atoms with E-state index in [0.717, 1.165) is 12.8 Å². The molecule has 0 bridgehead atoms. The van der Waals surface area contributed by atoms with Gasteiger partial charge in [-0.05, 0) is 62.8 Å². The number of hydrogen-bond donors (Lipinski definition) is 0. The summed E-state index contributed by atoms with van der Waals surface area (Å²) in [7, 11) is 0.